The molecular weight excluding hydrogens is 340 g/mol. The van der Waals surface area contributed by atoms with Crippen LogP contribution in [-0.2, 0) is 6.54 Å². The van der Waals surface area contributed by atoms with Gasteiger partial charge in [0, 0.05) is 6.54 Å². The fourth-order valence-corrected chi connectivity index (χ4v) is 2.50. The number of aromatic amines is 2. The monoisotopic (exact) mass is 350 g/mol. The number of hydrogen-bond donors (Lipinski definition) is 2. The normalized spacial score (nSPS) is 11.2. The van der Waals surface area contributed by atoms with Crippen LogP contribution < -0.4 is 11.2 Å². The summed E-state index contributed by atoms with van der Waals surface area (Å²) >= 11 is 3.24. The summed E-state index contributed by atoms with van der Waals surface area (Å²) in [4.78, 5) is 41.6. The van der Waals surface area contributed by atoms with E-state index in [1.54, 1.807) is 20.0 Å². The molecule has 21 heavy (non-hydrogen) atoms. The smallest absolute Gasteiger partial charge is 0.330 e. The maximum atomic E-state index is 11.9. The minimum absolute atomic E-state index is 0.246. The standard InChI is InChI=1S/C12H11BrN6O2/c1-3-19-10-8(11(20)18-12(19)21)16-9(17-10)7-5(2)15-6(13)4-14-7/h4H,3H2,1-2H3,(H,16,17)(H,18,20,21). The zero-order chi connectivity index (χ0) is 15.1. The summed E-state index contributed by atoms with van der Waals surface area (Å²) in [5, 5.41) is 0. The maximum Gasteiger partial charge on any atom is 0.330 e. The van der Waals surface area contributed by atoms with Gasteiger partial charge in [0.25, 0.3) is 5.56 Å². The Morgan fingerprint density at radius 3 is 2.71 bits per heavy atom. The molecule has 0 saturated carbocycles. The summed E-state index contributed by atoms with van der Waals surface area (Å²) in [5.74, 6) is 0.404. The minimum Gasteiger partial charge on any atom is -0.331 e. The number of imidazole rings is 1. The zero-order valence-electron chi connectivity index (χ0n) is 11.3. The quantitative estimate of drug-likeness (QED) is 0.715. The Kier molecular flexibility index (Phi) is 3.20. The Hall–Kier alpha value is -2.29. The molecule has 0 aromatic carbocycles. The van der Waals surface area contributed by atoms with Crippen molar-refractivity contribution in [2.75, 3.05) is 0 Å². The summed E-state index contributed by atoms with van der Waals surface area (Å²) < 4.78 is 2.00. The number of aromatic nitrogens is 6. The van der Waals surface area contributed by atoms with Crippen LogP contribution in [0.2, 0.25) is 0 Å². The molecule has 0 aliphatic rings. The number of nitrogens with zero attached hydrogens (tertiary/aromatic N) is 4. The summed E-state index contributed by atoms with van der Waals surface area (Å²) in [6.45, 7) is 4.00. The van der Waals surface area contributed by atoms with E-state index in [-0.39, 0.29) is 5.52 Å². The number of H-pyrrole nitrogens is 2. The van der Waals surface area contributed by atoms with E-state index in [1.165, 1.54) is 4.57 Å². The van der Waals surface area contributed by atoms with Gasteiger partial charge in [-0.3, -0.25) is 14.3 Å². The Morgan fingerprint density at radius 2 is 2.05 bits per heavy atom. The van der Waals surface area contributed by atoms with E-state index in [2.05, 4.69) is 40.8 Å². The molecule has 8 nitrogen and oxygen atoms in total. The number of hydrogen-bond acceptors (Lipinski definition) is 5. The maximum absolute atomic E-state index is 11.9. The van der Waals surface area contributed by atoms with E-state index >= 15 is 0 Å². The van der Waals surface area contributed by atoms with Crippen molar-refractivity contribution in [2.45, 2.75) is 20.4 Å². The zero-order valence-corrected chi connectivity index (χ0v) is 12.9. The van der Waals surface area contributed by atoms with Crippen LogP contribution in [0.1, 0.15) is 12.6 Å². The first-order valence-corrected chi connectivity index (χ1v) is 7.03. The molecule has 0 atom stereocenters. The van der Waals surface area contributed by atoms with Crippen molar-refractivity contribution in [3.8, 4) is 11.5 Å². The third-order valence-electron chi connectivity index (χ3n) is 3.09. The van der Waals surface area contributed by atoms with E-state index < -0.39 is 11.2 Å². The van der Waals surface area contributed by atoms with Gasteiger partial charge in [0.1, 0.15) is 15.8 Å². The van der Waals surface area contributed by atoms with Gasteiger partial charge in [0.15, 0.2) is 11.5 Å². The van der Waals surface area contributed by atoms with Crippen molar-refractivity contribution in [3.05, 3.63) is 37.3 Å². The molecule has 0 saturated heterocycles. The summed E-state index contributed by atoms with van der Waals surface area (Å²) in [7, 11) is 0. The number of halogens is 1. The molecule has 3 rings (SSSR count). The number of fused-ring (bicyclic) bond motifs is 1. The van der Waals surface area contributed by atoms with Crippen LogP contribution in [-0.4, -0.2) is 29.5 Å². The molecule has 2 N–H and O–H groups in total. The van der Waals surface area contributed by atoms with Gasteiger partial charge in [-0.2, -0.15) is 0 Å². The van der Waals surface area contributed by atoms with E-state index in [0.29, 0.717) is 34.0 Å². The molecule has 0 aliphatic carbocycles. The van der Waals surface area contributed by atoms with Gasteiger partial charge in [-0.25, -0.2) is 19.7 Å². The van der Waals surface area contributed by atoms with Crippen molar-refractivity contribution in [1.29, 1.82) is 0 Å². The first-order chi connectivity index (χ1) is 10.0. The molecule has 3 heterocycles. The van der Waals surface area contributed by atoms with Crippen LogP contribution >= 0.6 is 15.9 Å². The van der Waals surface area contributed by atoms with Gasteiger partial charge in [-0.15, -0.1) is 0 Å². The van der Waals surface area contributed by atoms with Crippen molar-refractivity contribution >= 4 is 27.1 Å². The number of rotatable bonds is 2. The highest BCUT2D eigenvalue weighted by Gasteiger charge is 2.15. The molecule has 0 aliphatic heterocycles. The highest BCUT2D eigenvalue weighted by Crippen LogP contribution is 2.19. The Balaban J connectivity index is 2.33. The number of nitrogens with one attached hydrogen (secondary N) is 2. The highest BCUT2D eigenvalue weighted by atomic mass is 79.9. The lowest BCUT2D eigenvalue weighted by atomic mass is 10.3. The average molecular weight is 351 g/mol. The molecule has 0 amide bonds. The first-order valence-electron chi connectivity index (χ1n) is 6.23. The molecule has 0 fully saturated rings. The average Bonchev–Trinajstić information content (AvgIpc) is 2.84. The molecular formula is C12H11BrN6O2. The summed E-state index contributed by atoms with van der Waals surface area (Å²) in [6.07, 6.45) is 1.55. The molecule has 0 radical (unpaired) electrons. The summed E-state index contributed by atoms with van der Waals surface area (Å²) in [6, 6.07) is 0. The van der Waals surface area contributed by atoms with Crippen LogP contribution in [0.5, 0.6) is 0 Å². The van der Waals surface area contributed by atoms with Crippen LogP contribution in [0, 0.1) is 6.92 Å². The van der Waals surface area contributed by atoms with Crippen LogP contribution in [0.25, 0.3) is 22.7 Å². The van der Waals surface area contributed by atoms with E-state index in [0.717, 1.165) is 0 Å². The van der Waals surface area contributed by atoms with E-state index in [1.807, 2.05) is 0 Å². The topological polar surface area (TPSA) is 109 Å². The second-order valence-electron chi connectivity index (χ2n) is 4.41. The van der Waals surface area contributed by atoms with Crippen LogP contribution in [0.4, 0.5) is 0 Å². The van der Waals surface area contributed by atoms with Gasteiger partial charge in [0.2, 0.25) is 0 Å². The predicted octanol–water partition coefficient (Wildman–Crippen LogP) is 0.961. The Bertz CT molecular complexity index is 955. The van der Waals surface area contributed by atoms with Gasteiger partial charge in [0.05, 0.1) is 11.9 Å². The molecule has 9 heteroatoms. The van der Waals surface area contributed by atoms with Crippen molar-refractivity contribution in [1.82, 2.24) is 29.5 Å². The van der Waals surface area contributed by atoms with Crippen LogP contribution in [0.15, 0.2) is 20.4 Å². The summed E-state index contributed by atoms with van der Waals surface area (Å²) in [5.41, 5.74) is 0.767. The third kappa shape index (κ3) is 2.19. The highest BCUT2D eigenvalue weighted by molar-refractivity contribution is 9.10. The lowest BCUT2D eigenvalue weighted by Gasteiger charge is -2.00. The Labute approximate surface area is 126 Å². The van der Waals surface area contributed by atoms with Gasteiger partial charge in [-0.05, 0) is 29.8 Å². The molecule has 3 aromatic heterocycles. The first kappa shape index (κ1) is 13.7. The van der Waals surface area contributed by atoms with Crippen molar-refractivity contribution < 1.29 is 0 Å². The molecule has 108 valence electrons. The fraction of sp³-hybridized carbons (Fsp3) is 0.250. The van der Waals surface area contributed by atoms with Crippen molar-refractivity contribution in [2.24, 2.45) is 0 Å². The second-order valence-corrected chi connectivity index (χ2v) is 5.23. The third-order valence-corrected chi connectivity index (χ3v) is 3.47. The Morgan fingerprint density at radius 1 is 1.29 bits per heavy atom. The lowest BCUT2D eigenvalue weighted by Crippen LogP contribution is -2.29. The predicted molar refractivity (Wildman–Crippen MR) is 80.1 cm³/mol. The second kappa shape index (κ2) is 4.92. The fourth-order valence-electron chi connectivity index (χ4n) is 2.13. The molecule has 0 spiro atoms. The minimum atomic E-state index is -0.499. The van der Waals surface area contributed by atoms with Crippen molar-refractivity contribution in [3.63, 3.8) is 0 Å². The molecule has 0 bridgehead atoms. The molecule has 0 unspecified atom stereocenters. The van der Waals surface area contributed by atoms with E-state index in [9.17, 15) is 9.59 Å². The van der Waals surface area contributed by atoms with Gasteiger partial charge in [-0.1, -0.05) is 0 Å². The molecule has 3 aromatic rings. The van der Waals surface area contributed by atoms with E-state index in [4.69, 9.17) is 0 Å². The lowest BCUT2D eigenvalue weighted by molar-refractivity contribution is 0.720. The van der Waals surface area contributed by atoms with Gasteiger partial charge < -0.3 is 4.98 Å². The number of aryl methyl sites for hydroxylation is 2. The van der Waals surface area contributed by atoms with Gasteiger partial charge >= 0.3 is 5.69 Å². The largest absolute Gasteiger partial charge is 0.331 e. The van der Waals surface area contributed by atoms with Crippen LogP contribution in [0.3, 0.4) is 0 Å². The SMILES string of the molecule is CCn1c(=O)[nH]c(=O)c2[nH]c(-c3ncc(Br)nc3C)nc21.